The summed E-state index contributed by atoms with van der Waals surface area (Å²) in [5, 5.41) is 2.57. The summed E-state index contributed by atoms with van der Waals surface area (Å²) in [6, 6.07) is -0.315. The Labute approximate surface area is 95.4 Å². The van der Waals surface area contributed by atoms with Gasteiger partial charge in [-0.15, -0.1) is 6.42 Å². The van der Waals surface area contributed by atoms with E-state index in [4.69, 9.17) is 12.2 Å². The second-order valence-electron chi connectivity index (χ2n) is 3.87. The van der Waals surface area contributed by atoms with Crippen LogP contribution in [0.3, 0.4) is 0 Å². The summed E-state index contributed by atoms with van der Waals surface area (Å²) >= 11 is 0. The molecule has 1 unspecified atom stereocenters. The van der Waals surface area contributed by atoms with Crippen LogP contribution in [-0.2, 0) is 9.59 Å². The Hall–Kier alpha value is -1.54. The van der Waals surface area contributed by atoms with E-state index in [1.54, 1.807) is 0 Å². The fourth-order valence-electron chi connectivity index (χ4n) is 1.89. The number of carbonyl (C=O) groups excluding carboxylic acids is 2. The standard InChI is InChI=1S/C11H17N3O2/c1-2-6-13-10(15)8-14-7-4-3-5-9(14)11(12)16/h1,9H,3-8H2,(H2,12,16)(H,13,15). The van der Waals surface area contributed by atoms with E-state index >= 15 is 0 Å². The number of nitrogens with one attached hydrogen (secondary N) is 1. The molecule has 1 fully saturated rings. The van der Waals surface area contributed by atoms with E-state index in [9.17, 15) is 9.59 Å². The van der Waals surface area contributed by atoms with Crippen LogP contribution < -0.4 is 11.1 Å². The van der Waals surface area contributed by atoms with Gasteiger partial charge in [-0.1, -0.05) is 12.3 Å². The Morgan fingerprint density at radius 3 is 2.88 bits per heavy atom. The van der Waals surface area contributed by atoms with E-state index in [0.29, 0.717) is 0 Å². The molecule has 0 aromatic carbocycles. The zero-order valence-corrected chi connectivity index (χ0v) is 9.24. The zero-order valence-electron chi connectivity index (χ0n) is 9.24. The minimum absolute atomic E-state index is 0.161. The highest BCUT2D eigenvalue weighted by molar-refractivity contribution is 5.82. The van der Waals surface area contributed by atoms with Crippen molar-refractivity contribution in [1.82, 2.24) is 10.2 Å². The molecule has 5 nitrogen and oxygen atoms in total. The first kappa shape index (κ1) is 12.5. The van der Waals surface area contributed by atoms with Crippen molar-refractivity contribution >= 4 is 11.8 Å². The van der Waals surface area contributed by atoms with Crippen LogP contribution in [0.25, 0.3) is 0 Å². The third kappa shape index (κ3) is 3.55. The van der Waals surface area contributed by atoms with Crippen molar-refractivity contribution in [1.29, 1.82) is 0 Å². The van der Waals surface area contributed by atoms with Gasteiger partial charge in [0, 0.05) is 0 Å². The van der Waals surface area contributed by atoms with Crippen molar-refractivity contribution in [2.24, 2.45) is 5.73 Å². The summed E-state index contributed by atoms with van der Waals surface area (Å²) in [5.74, 6) is 1.81. The third-order valence-corrected chi connectivity index (χ3v) is 2.68. The number of amides is 2. The first-order valence-electron chi connectivity index (χ1n) is 5.38. The highest BCUT2D eigenvalue weighted by atomic mass is 16.2. The molecule has 0 saturated carbocycles. The predicted molar refractivity (Wildman–Crippen MR) is 60.2 cm³/mol. The number of likely N-dealkylation sites (tertiary alicyclic amines) is 1. The molecule has 3 N–H and O–H groups in total. The van der Waals surface area contributed by atoms with Crippen LogP contribution >= 0.6 is 0 Å². The molecule has 1 rings (SSSR count). The van der Waals surface area contributed by atoms with Gasteiger partial charge in [-0.3, -0.25) is 14.5 Å². The quantitative estimate of drug-likeness (QED) is 0.605. The number of rotatable bonds is 4. The van der Waals surface area contributed by atoms with Gasteiger partial charge in [-0.05, 0) is 19.4 Å². The molecule has 0 bridgehead atoms. The van der Waals surface area contributed by atoms with Crippen molar-refractivity contribution in [3.63, 3.8) is 0 Å². The highest BCUT2D eigenvalue weighted by Gasteiger charge is 2.27. The van der Waals surface area contributed by atoms with Crippen molar-refractivity contribution < 1.29 is 9.59 Å². The molecule has 1 aliphatic heterocycles. The maximum Gasteiger partial charge on any atom is 0.234 e. The van der Waals surface area contributed by atoms with Crippen LogP contribution in [0.2, 0.25) is 0 Å². The normalized spacial score (nSPS) is 21.1. The summed E-state index contributed by atoms with van der Waals surface area (Å²) in [4.78, 5) is 24.4. The second-order valence-corrected chi connectivity index (χ2v) is 3.87. The van der Waals surface area contributed by atoms with Crippen molar-refractivity contribution in [3.05, 3.63) is 0 Å². The number of hydrogen-bond acceptors (Lipinski definition) is 3. The Balaban J connectivity index is 2.47. The van der Waals surface area contributed by atoms with Gasteiger partial charge in [0.2, 0.25) is 11.8 Å². The number of terminal acetylenes is 1. The van der Waals surface area contributed by atoms with Crippen LogP contribution in [0.4, 0.5) is 0 Å². The number of primary amides is 1. The fraction of sp³-hybridized carbons (Fsp3) is 0.636. The molecule has 0 spiro atoms. The van der Waals surface area contributed by atoms with Gasteiger partial charge in [0.1, 0.15) is 0 Å². The number of hydrogen-bond donors (Lipinski definition) is 2. The van der Waals surface area contributed by atoms with Crippen molar-refractivity contribution in [2.45, 2.75) is 25.3 Å². The number of nitrogens with zero attached hydrogens (tertiary/aromatic N) is 1. The predicted octanol–water partition coefficient (Wildman–Crippen LogP) is -0.924. The summed E-state index contributed by atoms with van der Waals surface area (Å²) in [7, 11) is 0. The average molecular weight is 223 g/mol. The lowest BCUT2D eigenvalue weighted by Crippen LogP contribution is -2.51. The molecule has 1 aliphatic rings. The zero-order chi connectivity index (χ0) is 12.0. The van der Waals surface area contributed by atoms with Crippen molar-refractivity contribution in [2.75, 3.05) is 19.6 Å². The molecular weight excluding hydrogens is 206 g/mol. The molecule has 0 aromatic rings. The van der Waals surface area contributed by atoms with Gasteiger partial charge < -0.3 is 11.1 Å². The van der Waals surface area contributed by atoms with E-state index in [1.807, 2.05) is 4.90 Å². The topological polar surface area (TPSA) is 75.4 Å². The smallest absolute Gasteiger partial charge is 0.234 e. The number of nitrogens with two attached hydrogens (primary N) is 1. The van der Waals surface area contributed by atoms with Crippen molar-refractivity contribution in [3.8, 4) is 12.3 Å². The van der Waals surface area contributed by atoms with Gasteiger partial charge in [0.15, 0.2) is 0 Å². The van der Waals surface area contributed by atoms with Gasteiger partial charge in [0.05, 0.1) is 19.1 Å². The van der Waals surface area contributed by atoms with Gasteiger partial charge in [-0.25, -0.2) is 0 Å². The molecule has 16 heavy (non-hydrogen) atoms. The second kappa shape index (κ2) is 6.13. The van der Waals surface area contributed by atoms with E-state index < -0.39 is 0 Å². The van der Waals surface area contributed by atoms with E-state index in [2.05, 4.69) is 11.2 Å². The van der Waals surface area contributed by atoms with Gasteiger partial charge in [0.25, 0.3) is 0 Å². The molecular formula is C11H17N3O2. The molecule has 0 aromatic heterocycles. The molecule has 5 heteroatoms. The van der Waals surface area contributed by atoms with Crippen LogP contribution in [0, 0.1) is 12.3 Å². The largest absolute Gasteiger partial charge is 0.368 e. The third-order valence-electron chi connectivity index (χ3n) is 2.68. The molecule has 1 saturated heterocycles. The lowest BCUT2D eigenvalue weighted by molar-refractivity contribution is -0.127. The Morgan fingerprint density at radius 2 is 2.25 bits per heavy atom. The number of piperidine rings is 1. The monoisotopic (exact) mass is 223 g/mol. The number of carbonyl (C=O) groups is 2. The van der Waals surface area contributed by atoms with Gasteiger partial charge in [-0.2, -0.15) is 0 Å². The minimum Gasteiger partial charge on any atom is -0.368 e. The summed E-state index contributed by atoms with van der Waals surface area (Å²) in [6.45, 7) is 1.14. The minimum atomic E-state index is -0.357. The van der Waals surface area contributed by atoms with E-state index in [1.165, 1.54) is 0 Å². The summed E-state index contributed by atoms with van der Waals surface area (Å²) < 4.78 is 0. The molecule has 1 atom stereocenters. The Morgan fingerprint density at radius 1 is 1.50 bits per heavy atom. The lowest BCUT2D eigenvalue weighted by atomic mass is 10.0. The highest BCUT2D eigenvalue weighted by Crippen LogP contribution is 2.15. The Kier molecular flexibility index (Phi) is 4.80. The van der Waals surface area contributed by atoms with E-state index in [0.717, 1.165) is 25.8 Å². The first-order valence-corrected chi connectivity index (χ1v) is 5.38. The lowest BCUT2D eigenvalue weighted by Gasteiger charge is -2.32. The summed E-state index contributed by atoms with van der Waals surface area (Å²) in [5.41, 5.74) is 5.29. The van der Waals surface area contributed by atoms with Gasteiger partial charge >= 0.3 is 0 Å². The summed E-state index contributed by atoms with van der Waals surface area (Å²) in [6.07, 6.45) is 7.74. The molecule has 0 aliphatic carbocycles. The molecule has 2 amide bonds. The van der Waals surface area contributed by atoms with E-state index in [-0.39, 0.29) is 30.9 Å². The SMILES string of the molecule is C#CCNC(=O)CN1CCCCC1C(N)=O. The van der Waals surface area contributed by atoms with Crippen LogP contribution in [0.5, 0.6) is 0 Å². The maximum atomic E-state index is 11.4. The maximum absolute atomic E-state index is 11.4. The Bertz CT molecular complexity index is 309. The first-order chi connectivity index (χ1) is 7.65. The van der Waals surface area contributed by atoms with Crippen LogP contribution in [0.1, 0.15) is 19.3 Å². The average Bonchev–Trinajstić information content (AvgIpc) is 2.27. The fourth-order valence-corrected chi connectivity index (χ4v) is 1.89. The van der Waals surface area contributed by atoms with Crippen LogP contribution in [-0.4, -0.2) is 42.4 Å². The molecule has 88 valence electrons. The molecule has 1 heterocycles. The van der Waals surface area contributed by atoms with Crippen LogP contribution in [0.15, 0.2) is 0 Å². The molecule has 0 radical (unpaired) electrons.